The number of benzene rings is 1. The second-order valence-electron chi connectivity index (χ2n) is 5.01. The summed E-state index contributed by atoms with van der Waals surface area (Å²) >= 11 is 1.19. The lowest BCUT2D eigenvalue weighted by atomic mass is 10.1. The molecule has 1 N–H and O–H groups in total. The third-order valence-corrected chi connectivity index (χ3v) is 4.37. The minimum absolute atomic E-state index is 0.383. The number of amides is 1. The average molecular weight is 374 g/mol. The van der Waals surface area contributed by atoms with Gasteiger partial charge in [0, 0.05) is 12.1 Å². The maximum absolute atomic E-state index is 13.1. The first-order valence-electron chi connectivity index (χ1n) is 6.99. The third kappa shape index (κ3) is 4.99. The van der Waals surface area contributed by atoms with Gasteiger partial charge < -0.3 is 9.73 Å². The molecule has 25 heavy (non-hydrogen) atoms. The number of furan rings is 1. The van der Waals surface area contributed by atoms with Gasteiger partial charge in [-0.25, -0.2) is 0 Å². The Morgan fingerprint density at radius 2 is 2.12 bits per heavy atom. The van der Waals surface area contributed by atoms with E-state index < -0.39 is 39.2 Å². The maximum atomic E-state index is 13.1. The van der Waals surface area contributed by atoms with E-state index in [-0.39, 0.29) is 0 Å². The van der Waals surface area contributed by atoms with Gasteiger partial charge in [0.1, 0.15) is 5.76 Å². The number of rotatable bonds is 6. The fourth-order valence-corrected chi connectivity index (χ4v) is 2.69. The fourth-order valence-electron chi connectivity index (χ4n) is 1.90. The molecule has 0 aliphatic heterocycles. The molecule has 1 amide bonds. The molecule has 0 fully saturated rings. The molecule has 0 radical (unpaired) electrons. The Morgan fingerprint density at radius 3 is 2.68 bits per heavy atom. The molecule has 0 unspecified atom stereocenters. The van der Waals surface area contributed by atoms with Crippen LogP contribution in [0.5, 0.6) is 0 Å². The number of carbonyl (C=O) groups excluding carboxylic acids is 1. The molecule has 1 atom stereocenters. The number of nitro benzene ring substituents is 1. The number of hydrogen-bond donors (Lipinski definition) is 1. The number of nitrogens with one attached hydrogen (secondary N) is 1. The Kier molecular flexibility index (Phi) is 5.73. The molecule has 0 saturated carbocycles. The summed E-state index contributed by atoms with van der Waals surface area (Å²) < 4.78 is 44.4. The Balaban J connectivity index is 2.12. The van der Waals surface area contributed by atoms with Crippen LogP contribution in [0.4, 0.5) is 24.5 Å². The van der Waals surface area contributed by atoms with Crippen LogP contribution in [0.3, 0.4) is 0 Å². The van der Waals surface area contributed by atoms with Crippen molar-refractivity contribution in [1.82, 2.24) is 0 Å². The molecule has 1 aromatic carbocycles. The minimum Gasteiger partial charge on any atom is -0.468 e. The monoisotopic (exact) mass is 374 g/mol. The Morgan fingerprint density at radius 1 is 1.40 bits per heavy atom. The molecule has 2 rings (SSSR count). The van der Waals surface area contributed by atoms with Crippen molar-refractivity contribution in [2.45, 2.75) is 24.1 Å². The number of anilines is 1. The van der Waals surface area contributed by atoms with E-state index in [2.05, 4.69) is 5.32 Å². The standard InChI is InChI=1S/C15H13F3N2O4S/c1-9(25-8-11-3-2-6-24-11)14(21)19-13-5-4-10(20(22)23)7-12(13)15(16,17)18/h2-7,9H,8H2,1H3,(H,19,21)/t9-/m0/s1. The van der Waals surface area contributed by atoms with E-state index in [1.54, 1.807) is 19.1 Å². The van der Waals surface area contributed by atoms with Crippen LogP contribution in [0.15, 0.2) is 41.0 Å². The maximum Gasteiger partial charge on any atom is 0.418 e. The van der Waals surface area contributed by atoms with Gasteiger partial charge in [0.2, 0.25) is 5.91 Å². The SMILES string of the molecule is C[C@H](SCc1ccco1)C(=O)Nc1ccc([N+](=O)[O-])cc1C(F)(F)F. The summed E-state index contributed by atoms with van der Waals surface area (Å²) in [5.74, 6) is 0.375. The van der Waals surface area contributed by atoms with Gasteiger partial charge in [-0.2, -0.15) is 13.2 Å². The van der Waals surface area contributed by atoms with Gasteiger partial charge in [-0.1, -0.05) is 0 Å². The van der Waals surface area contributed by atoms with Crippen LogP contribution in [-0.2, 0) is 16.7 Å². The largest absolute Gasteiger partial charge is 0.468 e. The number of nitrogens with zero attached hydrogens (tertiary/aromatic N) is 1. The lowest BCUT2D eigenvalue weighted by molar-refractivity contribution is -0.385. The molecule has 0 spiro atoms. The number of hydrogen-bond acceptors (Lipinski definition) is 5. The number of nitro groups is 1. The fraction of sp³-hybridized carbons (Fsp3) is 0.267. The Bertz CT molecular complexity index is 763. The van der Waals surface area contributed by atoms with Gasteiger partial charge in [-0.3, -0.25) is 14.9 Å². The summed E-state index contributed by atoms with van der Waals surface area (Å²) in [6.45, 7) is 1.54. The molecule has 0 saturated heterocycles. The van der Waals surface area contributed by atoms with Crippen molar-refractivity contribution >= 4 is 29.0 Å². The van der Waals surface area contributed by atoms with Crippen LogP contribution >= 0.6 is 11.8 Å². The number of halogens is 3. The summed E-state index contributed by atoms with van der Waals surface area (Å²) in [4.78, 5) is 21.8. The predicted octanol–water partition coefficient (Wildman–Crippen LogP) is 4.47. The highest BCUT2D eigenvalue weighted by molar-refractivity contribution is 7.99. The first-order valence-corrected chi connectivity index (χ1v) is 8.04. The van der Waals surface area contributed by atoms with E-state index in [4.69, 9.17) is 4.42 Å². The van der Waals surface area contributed by atoms with Crippen LogP contribution < -0.4 is 5.32 Å². The molecule has 0 aliphatic carbocycles. The highest BCUT2D eigenvalue weighted by Crippen LogP contribution is 2.37. The Labute approximate surface area is 144 Å². The minimum atomic E-state index is -4.83. The quantitative estimate of drug-likeness (QED) is 0.596. The van der Waals surface area contributed by atoms with E-state index >= 15 is 0 Å². The molecule has 134 valence electrons. The van der Waals surface area contributed by atoms with E-state index in [9.17, 15) is 28.1 Å². The molecular weight excluding hydrogens is 361 g/mol. The number of carbonyl (C=O) groups is 1. The first kappa shape index (κ1) is 18.8. The van der Waals surface area contributed by atoms with Crippen LogP contribution in [-0.4, -0.2) is 16.1 Å². The number of thioether (sulfide) groups is 1. The highest BCUT2D eigenvalue weighted by Gasteiger charge is 2.36. The van der Waals surface area contributed by atoms with Gasteiger partial charge >= 0.3 is 6.18 Å². The van der Waals surface area contributed by atoms with E-state index in [1.165, 1.54) is 18.0 Å². The van der Waals surface area contributed by atoms with Crippen molar-refractivity contribution in [3.63, 3.8) is 0 Å². The molecule has 6 nitrogen and oxygen atoms in total. The van der Waals surface area contributed by atoms with Crippen LogP contribution in [0.25, 0.3) is 0 Å². The normalized spacial score (nSPS) is 12.6. The summed E-state index contributed by atoms with van der Waals surface area (Å²) in [5.41, 5.74) is -2.49. The number of alkyl halides is 3. The van der Waals surface area contributed by atoms with Crippen molar-refractivity contribution in [3.05, 3.63) is 58.0 Å². The van der Waals surface area contributed by atoms with E-state index in [0.717, 1.165) is 12.1 Å². The van der Waals surface area contributed by atoms with Crippen molar-refractivity contribution in [2.24, 2.45) is 0 Å². The van der Waals surface area contributed by atoms with Crippen LogP contribution in [0, 0.1) is 10.1 Å². The van der Waals surface area contributed by atoms with Crippen LogP contribution in [0.2, 0.25) is 0 Å². The van der Waals surface area contributed by atoms with Crippen molar-refractivity contribution in [2.75, 3.05) is 5.32 Å². The highest BCUT2D eigenvalue weighted by atomic mass is 32.2. The van der Waals surface area contributed by atoms with Gasteiger partial charge in [0.05, 0.1) is 33.4 Å². The molecule has 2 aromatic rings. The average Bonchev–Trinajstić information content (AvgIpc) is 3.05. The molecule has 1 heterocycles. The lowest BCUT2D eigenvalue weighted by Gasteiger charge is -2.16. The van der Waals surface area contributed by atoms with Gasteiger partial charge in [-0.15, -0.1) is 11.8 Å². The summed E-state index contributed by atoms with van der Waals surface area (Å²) in [5, 5.41) is 12.2. The molecule has 1 aromatic heterocycles. The molecule has 0 aliphatic rings. The van der Waals surface area contributed by atoms with Crippen molar-refractivity contribution in [1.29, 1.82) is 0 Å². The predicted molar refractivity (Wildman–Crippen MR) is 86.2 cm³/mol. The topological polar surface area (TPSA) is 85.4 Å². The number of non-ortho nitro benzene ring substituents is 1. The van der Waals surface area contributed by atoms with Gasteiger partial charge in [0.25, 0.3) is 5.69 Å². The van der Waals surface area contributed by atoms with Gasteiger partial charge in [-0.05, 0) is 25.1 Å². The summed E-state index contributed by atoms with van der Waals surface area (Å²) in [7, 11) is 0. The molecule has 10 heteroatoms. The zero-order valence-corrected chi connectivity index (χ0v) is 13.7. The molecular formula is C15H13F3N2O4S. The van der Waals surface area contributed by atoms with Crippen LogP contribution in [0.1, 0.15) is 18.2 Å². The second kappa shape index (κ2) is 7.60. The second-order valence-corrected chi connectivity index (χ2v) is 6.34. The van der Waals surface area contributed by atoms with E-state index in [0.29, 0.717) is 17.6 Å². The Hall–Kier alpha value is -2.49. The third-order valence-electron chi connectivity index (χ3n) is 3.20. The molecule has 0 bridgehead atoms. The van der Waals surface area contributed by atoms with Gasteiger partial charge in [0.15, 0.2) is 0 Å². The van der Waals surface area contributed by atoms with Crippen molar-refractivity contribution < 1.29 is 27.3 Å². The summed E-state index contributed by atoms with van der Waals surface area (Å²) in [6, 6.07) is 5.59. The van der Waals surface area contributed by atoms with Crippen molar-refractivity contribution in [3.8, 4) is 0 Å². The zero-order valence-electron chi connectivity index (χ0n) is 12.9. The first-order chi connectivity index (χ1) is 11.7. The zero-order chi connectivity index (χ0) is 18.6. The van der Waals surface area contributed by atoms with E-state index in [1.807, 2.05) is 0 Å². The summed E-state index contributed by atoms with van der Waals surface area (Å²) in [6.07, 6.45) is -3.35. The smallest absolute Gasteiger partial charge is 0.418 e. The lowest BCUT2D eigenvalue weighted by Crippen LogP contribution is -2.24.